The van der Waals surface area contributed by atoms with Crippen molar-refractivity contribution in [2.45, 2.75) is 51.6 Å². The molecule has 1 aromatic rings. The van der Waals surface area contributed by atoms with E-state index in [4.69, 9.17) is 4.74 Å². The lowest BCUT2D eigenvalue weighted by Gasteiger charge is -2.32. The van der Waals surface area contributed by atoms with Gasteiger partial charge in [0.15, 0.2) is 0 Å². The van der Waals surface area contributed by atoms with Crippen LogP contribution in [0.5, 0.6) is 0 Å². The standard InChI is InChI=1S/C18H30N2O/c1-4-12-19-17-9-7-13-20(15(2)11-14-21-3)18-10-6-5-8-16(17)18/h5-6,8,10,15,17,19H,4,7,9,11-14H2,1-3H3. The number of rotatable bonds is 7. The molecule has 0 aliphatic carbocycles. The molecule has 0 saturated carbocycles. The van der Waals surface area contributed by atoms with Crippen LogP contribution in [0.15, 0.2) is 24.3 Å². The van der Waals surface area contributed by atoms with Crippen molar-refractivity contribution >= 4 is 5.69 Å². The van der Waals surface area contributed by atoms with Crippen LogP contribution in [-0.4, -0.2) is 32.8 Å². The highest BCUT2D eigenvalue weighted by molar-refractivity contribution is 5.56. The summed E-state index contributed by atoms with van der Waals surface area (Å²) in [6, 6.07) is 9.94. The summed E-state index contributed by atoms with van der Waals surface area (Å²) in [4.78, 5) is 2.57. The minimum atomic E-state index is 0.501. The Bertz CT molecular complexity index is 421. The van der Waals surface area contributed by atoms with Gasteiger partial charge < -0.3 is 15.0 Å². The highest BCUT2D eigenvalue weighted by atomic mass is 16.5. The van der Waals surface area contributed by atoms with Crippen LogP contribution in [0.2, 0.25) is 0 Å². The molecule has 0 radical (unpaired) electrons. The fourth-order valence-electron chi connectivity index (χ4n) is 3.22. The summed E-state index contributed by atoms with van der Waals surface area (Å²) in [7, 11) is 1.79. The molecule has 1 aliphatic heterocycles. The van der Waals surface area contributed by atoms with E-state index >= 15 is 0 Å². The maximum atomic E-state index is 5.26. The van der Waals surface area contributed by atoms with Crippen molar-refractivity contribution in [1.29, 1.82) is 0 Å². The Balaban J connectivity index is 2.20. The number of anilines is 1. The number of hydrogen-bond acceptors (Lipinski definition) is 3. The fourth-order valence-corrected chi connectivity index (χ4v) is 3.22. The molecule has 0 saturated heterocycles. The summed E-state index contributed by atoms with van der Waals surface area (Å²) in [5, 5.41) is 3.72. The summed E-state index contributed by atoms with van der Waals surface area (Å²) in [6.45, 7) is 7.62. The summed E-state index contributed by atoms with van der Waals surface area (Å²) in [5.41, 5.74) is 2.87. The molecule has 21 heavy (non-hydrogen) atoms. The molecule has 0 aromatic heterocycles. The predicted octanol–water partition coefficient (Wildman–Crippen LogP) is 3.75. The van der Waals surface area contributed by atoms with Crippen LogP contribution in [0.4, 0.5) is 5.69 Å². The second-order valence-corrected chi connectivity index (χ2v) is 6.03. The van der Waals surface area contributed by atoms with Crippen molar-refractivity contribution in [3.63, 3.8) is 0 Å². The van der Waals surface area contributed by atoms with Gasteiger partial charge in [-0.05, 0) is 50.8 Å². The molecule has 3 heteroatoms. The monoisotopic (exact) mass is 290 g/mol. The third-order valence-electron chi connectivity index (χ3n) is 4.43. The molecule has 3 nitrogen and oxygen atoms in total. The van der Waals surface area contributed by atoms with Crippen LogP contribution < -0.4 is 10.2 Å². The van der Waals surface area contributed by atoms with Gasteiger partial charge in [0.25, 0.3) is 0 Å². The van der Waals surface area contributed by atoms with E-state index in [1.807, 2.05) is 0 Å². The Morgan fingerprint density at radius 2 is 2.19 bits per heavy atom. The second-order valence-electron chi connectivity index (χ2n) is 6.03. The maximum absolute atomic E-state index is 5.26. The molecule has 1 N–H and O–H groups in total. The van der Waals surface area contributed by atoms with E-state index in [0.717, 1.165) is 26.1 Å². The zero-order valence-electron chi connectivity index (χ0n) is 13.8. The molecule has 1 heterocycles. The van der Waals surface area contributed by atoms with Gasteiger partial charge in [-0.2, -0.15) is 0 Å². The Morgan fingerprint density at radius 1 is 1.38 bits per heavy atom. The Hall–Kier alpha value is -1.06. The topological polar surface area (TPSA) is 24.5 Å². The smallest absolute Gasteiger partial charge is 0.0481 e. The Kier molecular flexibility index (Phi) is 6.52. The summed E-state index contributed by atoms with van der Waals surface area (Å²) >= 11 is 0. The molecule has 2 atom stereocenters. The quantitative estimate of drug-likeness (QED) is 0.827. The number of hydrogen-bond donors (Lipinski definition) is 1. The van der Waals surface area contributed by atoms with E-state index in [0.29, 0.717) is 12.1 Å². The zero-order chi connectivity index (χ0) is 15.1. The minimum absolute atomic E-state index is 0.501. The van der Waals surface area contributed by atoms with Crippen LogP contribution in [0.3, 0.4) is 0 Å². The zero-order valence-corrected chi connectivity index (χ0v) is 13.8. The second kappa shape index (κ2) is 8.40. The highest BCUT2D eigenvalue weighted by Gasteiger charge is 2.24. The first kappa shape index (κ1) is 16.3. The average Bonchev–Trinajstić information content (AvgIpc) is 2.70. The van der Waals surface area contributed by atoms with Crippen molar-refractivity contribution in [1.82, 2.24) is 5.32 Å². The lowest BCUT2D eigenvalue weighted by Crippen LogP contribution is -2.34. The number of para-hydroxylation sites is 1. The van der Waals surface area contributed by atoms with Crippen LogP contribution in [-0.2, 0) is 4.74 Å². The maximum Gasteiger partial charge on any atom is 0.0481 e. The number of fused-ring (bicyclic) bond motifs is 1. The molecule has 118 valence electrons. The van der Waals surface area contributed by atoms with E-state index in [9.17, 15) is 0 Å². The van der Waals surface area contributed by atoms with Crippen molar-refractivity contribution < 1.29 is 4.74 Å². The molecule has 1 aliphatic rings. The van der Waals surface area contributed by atoms with E-state index in [-0.39, 0.29) is 0 Å². The van der Waals surface area contributed by atoms with E-state index in [1.165, 1.54) is 30.5 Å². The van der Waals surface area contributed by atoms with Gasteiger partial charge in [0.2, 0.25) is 0 Å². The number of nitrogens with one attached hydrogen (secondary N) is 1. The van der Waals surface area contributed by atoms with Gasteiger partial charge in [0.1, 0.15) is 0 Å². The summed E-state index contributed by atoms with van der Waals surface area (Å²) in [6.07, 6.45) is 4.74. The number of methoxy groups -OCH3 is 1. The molecule has 2 unspecified atom stereocenters. The van der Waals surface area contributed by atoms with Crippen molar-refractivity contribution in [2.24, 2.45) is 0 Å². The van der Waals surface area contributed by atoms with Crippen LogP contribution in [0.25, 0.3) is 0 Å². The third-order valence-corrected chi connectivity index (χ3v) is 4.43. The third kappa shape index (κ3) is 4.21. The van der Waals surface area contributed by atoms with Gasteiger partial charge in [-0.15, -0.1) is 0 Å². The van der Waals surface area contributed by atoms with Gasteiger partial charge in [-0.3, -0.25) is 0 Å². The summed E-state index contributed by atoms with van der Waals surface area (Å²) < 4.78 is 5.26. The number of ether oxygens (including phenoxy) is 1. The van der Waals surface area contributed by atoms with Gasteiger partial charge >= 0.3 is 0 Å². The molecular formula is C18H30N2O. The van der Waals surface area contributed by atoms with Gasteiger partial charge in [-0.1, -0.05) is 25.1 Å². The normalized spacial score (nSPS) is 20.0. The molecule has 0 amide bonds. The Labute approximate surface area is 129 Å². The Morgan fingerprint density at radius 3 is 2.95 bits per heavy atom. The first-order valence-electron chi connectivity index (χ1n) is 8.35. The number of benzene rings is 1. The predicted molar refractivity (Wildman–Crippen MR) is 90.0 cm³/mol. The van der Waals surface area contributed by atoms with Gasteiger partial charge in [0, 0.05) is 38.0 Å². The van der Waals surface area contributed by atoms with E-state index in [2.05, 4.69) is 48.3 Å². The van der Waals surface area contributed by atoms with E-state index < -0.39 is 0 Å². The SMILES string of the molecule is CCCNC1CCCN(C(C)CCOC)c2ccccc21. The van der Waals surface area contributed by atoms with Crippen LogP contribution >= 0.6 is 0 Å². The largest absolute Gasteiger partial charge is 0.385 e. The van der Waals surface area contributed by atoms with Crippen molar-refractivity contribution in [3.05, 3.63) is 29.8 Å². The molecule has 0 fully saturated rings. The first-order chi connectivity index (χ1) is 10.3. The van der Waals surface area contributed by atoms with Crippen molar-refractivity contribution in [2.75, 3.05) is 31.7 Å². The molecule has 1 aromatic carbocycles. The van der Waals surface area contributed by atoms with Gasteiger partial charge in [-0.25, -0.2) is 0 Å². The molecule has 0 spiro atoms. The van der Waals surface area contributed by atoms with E-state index in [1.54, 1.807) is 7.11 Å². The number of nitrogens with zero attached hydrogens (tertiary/aromatic N) is 1. The van der Waals surface area contributed by atoms with Crippen LogP contribution in [0.1, 0.15) is 51.1 Å². The summed E-state index contributed by atoms with van der Waals surface area (Å²) in [5.74, 6) is 0. The lowest BCUT2D eigenvalue weighted by molar-refractivity contribution is 0.188. The average molecular weight is 290 g/mol. The van der Waals surface area contributed by atoms with Gasteiger partial charge in [0.05, 0.1) is 0 Å². The van der Waals surface area contributed by atoms with Crippen LogP contribution in [0, 0.1) is 0 Å². The fraction of sp³-hybridized carbons (Fsp3) is 0.667. The molecule has 2 rings (SSSR count). The molecule has 0 bridgehead atoms. The minimum Gasteiger partial charge on any atom is -0.385 e. The lowest BCUT2D eigenvalue weighted by atomic mass is 10.0. The highest BCUT2D eigenvalue weighted by Crippen LogP contribution is 2.34. The molecular weight excluding hydrogens is 260 g/mol. The first-order valence-corrected chi connectivity index (χ1v) is 8.35. The van der Waals surface area contributed by atoms with Crippen molar-refractivity contribution in [3.8, 4) is 0 Å².